The van der Waals surface area contributed by atoms with E-state index in [1.54, 1.807) is 64.6 Å². The summed E-state index contributed by atoms with van der Waals surface area (Å²) in [6.07, 6.45) is 11.1. The summed E-state index contributed by atoms with van der Waals surface area (Å²) in [4.78, 5) is 25.9. The first-order valence-electron chi connectivity index (χ1n) is 10.2. The third kappa shape index (κ3) is 4.11. The van der Waals surface area contributed by atoms with Gasteiger partial charge in [0.15, 0.2) is 0 Å². The van der Waals surface area contributed by atoms with E-state index >= 15 is 0 Å². The highest BCUT2D eigenvalue weighted by Crippen LogP contribution is 2.26. The summed E-state index contributed by atoms with van der Waals surface area (Å²) in [6, 6.07) is 12.8. The standard InChI is InChI=1S/C24H20N6O2/c1-29-15-18(14-28-29)23-13-20(6-10-26-23)32-19-2-3-22-21(12-19)24(31)30(16-27-22)11-7-17-4-8-25-9-5-17/h2-6,8-10,12-16H,7,11H2,1H3. The van der Waals surface area contributed by atoms with E-state index in [4.69, 9.17) is 4.74 Å². The average molecular weight is 424 g/mol. The van der Waals surface area contributed by atoms with Crippen LogP contribution in [0.1, 0.15) is 5.56 Å². The molecular formula is C24H20N6O2. The first-order chi connectivity index (χ1) is 15.7. The molecule has 0 saturated heterocycles. The van der Waals surface area contributed by atoms with E-state index in [2.05, 4.69) is 20.1 Å². The maximum absolute atomic E-state index is 13.0. The molecule has 0 unspecified atom stereocenters. The van der Waals surface area contributed by atoms with Gasteiger partial charge in [-0.15, -0.1) is 0 Å². The first-order valence-corrected chi connectivity index (χ1v) is 10.2. The topological polar surface area (TPSA) is 87.7 Å². The molecule has 4 aromatic heterocycles. The minimum atomic E-state index is -0.0970. The zero-order valence-corrected chi connectivity index (χ0v) is 17.4. The number of fused-ring (bicyclic) bond motifs is 1. The van der Waals surface area contributed by atoms with Gasteiger partial charge < -0.3 is 4.74 Å². The van der Waals surface area contributed by atoms with Crippen molar-refractivity contribution in [3.63, 3.8) is 0 Å². The van der Waals surface area contributed by atoms with Crippen molar-refractivity contribution in [3.05, 3.63) is 95.7 Å². The van der Waals surface area contributed by atoms with Gasteiger partial charge in [-0.05, 0) is 48.4 Å². The SMILES string of the molecule is Cn1cc(-c2cc(Oc3ccc4ncn(CCc5ccncc5)c(=O)c4c3)ccn2)cn1. The Kier molecular flexibility index (Phi) is 5.17. The molecule has 8 heteroatoms. The molecule has 4 heterocycles. The minimum absolute atomic E-state index is 0.0970. The van der Waals surface area contributed by atoms with Crippen molar-refractivity contribution >= 4 is 10.9 Å². The second-order valence-corrected chi connectivity index (χ2v) is 7.41. The van der Waals surface area contributed by atoms with Crippen LogP contribution in [0.3, 0.4) is 0 Å². The average Bonchev–Trinajstić information content (AvgIpc) is 3.26. The zero-order valence-electron chi connectivity index (χ0n) is 17.4. The summed E-state index contributed by atoms with van der Waals surface area (Å²) in [7, 11) is 1.86. The summed E-state index contributed by atoms with van der Waals surface area (Å²) in [6.45, 7) is 0.537. The van der Waals surface area contributed by atoms with E-state index in [-0.39, 0.29) is 5.56 Å². The number of pyridine rings is 2. The highest BCUT2D eigenvalue weighted by atomic mass is 16.5. The molecule has 158 valence electrons. The molecule has 0 bridgehead atoms. The van der Waals surface area contributed by atoms with Crippen molar-refractivity contribution in [2.75, 3.05) is 0 Å². The highest BCUT2D eigenvalue weighted by molar-refractivity contribution is 5.79. The predicted molar refractivity (Wildman–Crippen MR) is 120 cm³/mol. The minimum Gasteiger partial charge on any atom is -0.457 e. The molecule has 5 rings (SSSR count). The highest BCUT2D eigenvalue weighted by Gasteiger charge is 2.09. The fourth-order valence-electron chi connectivity index (χ4n) is 3.48. The molecule has 8 nitrogen and oxygen atoms in total. The van der Waals surface area contributed by atoms with Gasteiger partial charge in [-0.2, -0.15) is 5.10 Å². The Morgan fingerprint density at radius 3 is 2.62 bits per heavy atom. The van der Waals surface area contributed by atoms with Gasteiger partial charge in [0.2, 0.25) is 0 Å². The van der Waals surface area contributed by atoms with Crippen LogP contribution in [0.4, 0.5) is 0 Å². The van der Waals surface area contributed by atoms with Crippen LogP contribution >= 0.6 is 0 Å². The normalized spacial score (nSPS) is 11.0. The van der Waals surface area contributed by atoms with Crippen molar-refractivity contribution in [2.45, 2.75) is 13.0 Å². The van der Waals surface area contributed by atoms with Gasteiger partial charge in [-0.3, -0.25) is 24.0 Å². The zero-order chi connectivity index (χ0) is 21.9. The molecule has 1 aromatic carbocycles. The van der Waals surface area contributed by atoms with Crippen molar-refractivity contribution in [1.82, 2.24) is 29.3 Å². The second-order valence-electron chi connectivity index (χ2n) is 7.41. The lowest BCUT2D eigenvalue weighted by atomic mass is 10.2. The van der Waals surface area contributed by atoms with Gasteiger partial charge in [-0.25, -0.2) is 4.98 Å². The molecule has 0 aliphatic rings. The van der Waals surface area contributed by atoms with Gasteiger partial charge in [0.1, 0.15) is 11.5 Å². The molecule has 0 fully saturated rings. The third-order valence-corrected chi connectivity index (χ3v) is 5.15. The number of hydrogen-bond acceptors (Lipinski definition) is 6. The van der Waals surface area contributed by atoms with Gasteiger partial charge in [0.05, 0.1) is 29.1 Å². The van der Waals surface area contributed by atoms with Crippen LogP contribution in [0, 0.1) is 0 Å². The van der Waals surface area contributed by atoms with E-state index < -0.39 is 0 Å². The molecule has 0 aliphatic heterocycles. The fraction of sp³-hybridized carbons (Fsp3) is 0.125. The number of rotatable bonds is 6. The summed E-state index contributed by atoms with van der Waals surface area (Å²) in [5, 5.41) is 4.70. The molecule has 0 radical (unpaired) electrons. The van der Waals surface area contributed by atoms with Crippen LogP contribution in [0.25, 0.3) is 22.2 Å². The summed E-state index contributed by atoms with van der Waals surface area (Å²) in [5.74, 6) is 1.19. The van der Waals surface area contributed by atoms with Crippen molar-refractivity contribution in [1.29, 1.82) is 0 Å². The molecule has 0 spiro atoms. The van der Waals surface area contributed by atoms with Crippen LogP contribution in [-0.4, -0.2) is 29.3 Å². The Morgan fingerprint density at radius 1 is 0.969 bits per heavy atom. The number of hydrogen-bond donors (Lipinski definition) is 0. The Balaban J connectivity index is 1.40. The van der Waals surface area contributed by atoms with Gasteiger partial charge in [-0.1, -0.05) is 0 Å². The maximum Gasteiger partial charge on any atom is 0.261 e. The molecule has 0 amide bonds. The van der Waals surface area contributed by atoms with E-state index in [1.807, 2.05) is 31.4 Å². The van der Waals surface area contributed by atoms with Crippen LogP contribution in [-0.2, 0) is 20.0 Å². The lowest BCUT2D eigenvalue weighted by Crippen LogP contribution is -2.21. The predicted octanol–water partition coefficient (Wildman–Crippen LogP) is 3.62. The largest absolute Gasteiger partial charge is 0.457 e. The van der Waals surface area contributed by atoms with Crippen molar-refractivity contribution < 1.29 is 4.74 Å². The van der Waals surface area contributed by atoms with Gasteiger partial charge in [0.25, 0.3) is 5.56 Å². The molecule has 5 aromatic rings. The molecule has 32 heavy (non-hydrogen) atoms. The molecule has 0 saturated carbocycles. The van der Waals surface area contributed by atoms with Crippen LogP contribution in [0.2, 0.25) is 0 Å². The Morgan fingerprint density at radius 2 is 1.81 bits per heavy atom. The van der Waals surface area contributed by atoms with Crippen molar-refractivity contribution in [3.8, 4) is 22.8 Å². The number of ether oxygens (including phenoxy) is 1. The Labute approximate surface area is 183 Å². The number of aryl methyl sites for hydroxylation is 3. The quantitative estimate of drug-likeness (QED) is 0.414. The van der Waals surface area contributed by atoms with Gasteiger partial charge in [0, 0.05) is 50.0 Å². The summed E-state index contributed by atoms with van der Waals surface area (Å²) >= 11 is 0. The van der Waals surface area contributed by atoms with E-state index in [0.717, 1.165) is 23.2 Å². The Bertz CT molecular complexity index is 1440. The third-order valence-electron chi connectivity index (χ3n) is 5.15. The molecule has 0 aliphatic carbocycles. The van der Waals surface area contributed by atoms with Crippen LogP contribution in [0.5, 0.6) is 11.5 Å². The number of aromatic nitrogens is 6. The molecular weight excluding hydrogens is 404 g/mol. The first kappa shape index (κ1) is 19.6. The number of benzene rings is 1. The van der Waals surface area contributed by atoms with E-state index in [0.29, 0.717) is 28.9 Å². The Hall–Kier alpha value is -4.33. The van der Waals surface area contributed by atoms with E-state index in [1.165, 1.54) is 0 Å². The van der Waals surface area contributed by atoms with Gasteiger partial charge >= 0.3 is 0 Å². The van der Waals surface area contributed by atoms with Crippen LogP contribution in [0.15, 0.2) is 84.6 Å². The van der Waals surface area contributed by atoms with Crippen LogP contribution < -0.4 is 10.3 Å². The summed E-state index contributed by atoms with van der Waals surface area (Å²) < 4.78 is 9.38. The monoisotopic (exact) mass is 424 g/mol. The maximum atomic E-state index is 13.0. The lowest BCUT2D eigenvalue weighted by molar-refractivity contribution is 0.483. The second kappa shape index (κ2) is 8.43. The summed E-state index contributed by atoms with van der Waals surface area (Å²) in [5.41, 5.74) is 3.31. The number of nitrogens with zero attached hydrogens (tertiary/aromatic N) is 6. The molecule has 0 atom stereocenters. The smallest absolute Gasteiger partial charge is 0.261 e. The molecule has 0 N–H and O–H groups in total. The van der Waals surface area contributed by atoms with E-state index in [9.17, 15) is 4.79 Å². The fourth-order valence-corrected chi connectivity index (χ4v) is 3.48. The lowest BCUT2D eigenvalue weighted by Gasteiger charge is -2.09. The van der Waals surface area contributed by atoms with Crippen molar-refractivity contribution in [2.24, 2.45) is 7.05 Å².